The molecule has 0 aromatic carbocycles. The fourth-order valence-electron chi connectivity index (χ4n) is 3.95. The molecule has 4 unspecified atom stereocenters. The summed E-state index contributed by atoms with van der Waals surface area (Å²) in [6, 6.07) is 0.403. The summed E-state index contributed by atoms with van der Waals surface area (Å²) in [5.74, 6) is 8.66. The van der Waals surface area contributed by atoms with Gasteiger partial charge in [0.25, 0.3) is 0 Å². The second-order valence-corrected chi connectivity index (χ2v) is 7.06. The van der Waals surface area contributed by atoms with Gasteiger partial charge in [-0.05, 0) is 50.4 Å². The summed E-state index contributed by atoms with van der Waals surface area (Å²) in [5.41, 5.74) is 4.14. The number of nitrogens with zero attached hydrogens (tertiary/aromatic N) is 1. The Morgan fingerprint density at radius 3 is 2.94 bits per heavy atom. The number of fused-ring (bicyclic) bond motifs is 2. The second kappa shape index (κ2) is 5.27. The molecule has 0 radical (unpaired) electrons. The van der Waals surface area contributed by atoms with Crippen molar-refractivity contribution in [1.82, 2.24) is 10.4 Å². The van der Waals surface area contributed by atoms with E-state index in [1.807, 2.05) is 0 Å². The third-order valence-corrected chi connectivity index (χ3v) is 5.78. The largest absolute Gasteiger partial charge is 0.271 e. The SMILES string of the molecule is Cc1csc(CC(CC2CC3CCC2C3)NN)n1. The molecule has 1 aromatic rings. The minimum atomic E-state index is 0.403. The van der Waals surface area contributed by atoms with Crippen LogP contribution in [0.25, 0.3) is 0 Å². The third kappa shape index (κ3) is 2.60. The molecule has 0 aliphatic heterocycles. The smallest absolute Gasteiger partial charge is 0.0944 e. The Morgan fingerprint density at radius 2 is 2.39 bits per heavy atom. The number of nitrogens with one attached hydrogen (secondary N) is 1. The van der Waals surface area contributed by atoms with Gasteiger partial charge in [-0.25, -0.2) is 4.98 Å². The van der Waals surface area contributed by atoms with Crippen molar-refractivity contribution in [3.05, 3.63) is 16.1 Å². The molecular weight excluding hydrogens is 242 g/mol. The van der Waals surface area contributed by atoms with Gasteiger partial charge in [-0.15, -0.1) is 11.3 Å². The first-order valence-corrected chi connectivity index (χ1v) is 7.99. The molecule has 18 heavy (non-hydrogen) atoms. The predicted octanol–water partition coefficient (Wildman–Crippen LogP) is 2.65. The van der Waals surface area contributed by atoms with E-state index in [4.69, 9.17) is 5.84 Å². The van der Waals surface area contributed by atoms with Gasteiger partial charge >= 0.3 is 0 Å². The summed E-state index contributed by atoms with van der Waals surface area (Å²) < 4.78 is 0. The summed E-state index contributed by atoms with van der Waals surface area (Å²) in [7, 11) is 0. The van der Waals surface area contributed by atoms with Crippen LogP contribution in [0, 0.1) is 24.7 Å². The zero-order valence-corrected chi connectivity index (χ0v) is 11.9. The van der Waals surface area contributed by atoms with Gasteiger partial charge in [-0.3, -0.25) is 11.3 Å². The lowest BCUT2D eigenvalue weighted by atomic mass is 9.84. The topological polar surface area (TPSA) is 50.9 Å². The Hall–Kier alpha value is -0.450. The lowest BCUT2D eigenvalue weighted by Gasteiger charge is -2.25. The highest BCUT2D eigenvalue weighted by atomic mass is 32.1. The summed E-state index contributed by atoms with van der Waals surface area (Å²) in [6.45, 7) is 2.06. The fourth-order valence-corrected chi connectivity index (χ4v) is 4.80. The van der Waals surface area contributed by atoms with E-state index >= 15 is 0 Å². The average Bonchev–Trinajstić information content (AvgIpc) is 3.05. The molecule has 3 N–H and O–H groups in total. The van der Waals surface area contributed by atoms with Gasteiger partial charge in [0.15, 0.2) is 0 Å². The van der Waals surface area contributed by atoms with Crippen molar-refractivity contribution < 1.29 is 0 Å². The fraction of sp³-hybridized carbons (Fsp3) is 0.786. The number of nitrogens with two attached hydrogens (primary N) is 1. The highest BCUT2D eigenvalue weighted by Gasteiger charge is 2.40. The van der Waals surface area contributed by atoms with Crippen LogP contribution in [0.2, 0.25) is 0 Å². The molecule has 2 fully saturated rings. The highest BCUT2D eigenvalue weighted by molar-refractivity contribution is 7.09. The molecule has 2 aliphatic rings. The van der Waals surface area contributed by atoms with E-state index in [1.165, 1.54) is 37.1 Å². The number of hydrazine groups is 1. The van der Waals surface area contributed by atoms with Crippen LogP contribution in [0.3, 0.4) is 0 Å². The van der Waals surface area contributed by atoms with E-state index < -0.39 is 0 Å². The molecule has 100 valence electrons. The number of rotatable bonds is 5. The molecule has 2 bridgehead atoms. The van der Waals surface area contributed by atoms with Gasteiger partial charge < -0.3 is 0 Å². The summed E-state index contributed by atoms with van der Waals surface area (Å²) >= 11 is 1.76. The zero-order valence-electron chi connectivity index (χ0n) is 11.1. The first kappa shape index (κ1) is 12.6. The van der Waals surface area contributed by atoms with Crippen LogP contribution in [-0.4, -0.2) is 11.0 Å². The van der Waals surface area contributed by atoms with Crippen molar-refractivity contribution in [3.63, 3.8) is 0 Å². The molecule has 0 spiro atoms. The maximum absolute atomic E-state index is 5.73. The van der Waals surface area contributed by atoms with E-state index in [9.17, 15) is 0 Å². The van der Waals surface area contributed by atoms with E-state index in [-0.39, 0.29) is 0 Å². The van der Waals surface area contributed by atoms with Gasteiger partial charge in [0, 0.05) is 23.5 Å². The van der Waals surface area contributed by atoms with Gasteiger partial charge in [-0.2, -0.15) is 0 Å². The normalized spacial score (nSPS) is 32.0. The van der Waals surface area contributed by atoms with Crippen LogP contribution < -0.4 is 11.3 Å². The molecular formula is C14H23N3S. The monoisotopic (exact) mass is 265 g/mol. The Balaban J connectivity index is 1.56. The third-order valence-electron chi connectivity index (χ3n) is 4.80. The number of hydrogen-bond acceptors (Lipinski definition) is 4. The number of aromatic nitrogens is 1. The van der Waals surface area contributed by atoms with Gasteiger partial charge in [-0.1, -0.05) is 6.42 Å². The quantitative estimate of drug-likeness (QED) is 0.635. The average molecular weight is 265 g/mol. The summed E-state index contributed by atoms with van der Waals surface area (Å²) in [5, 5.41) is 3.35. The van der Waals surface area contributed by atoms with Gasteiger partial charge in [0.2, 0.25) is 0 Å². The van der Waals surface area contributed by atoms with E-state index in [0.717, 1.165) is 29.9 Å². The molecule has 3 rings (SSSR count). The molecule has 0 saturated heterocycles. The molecule has 3 nitrogen and oxygen atoms in total. The minimum Gasteiger partial charge on any atom is -0.271 e. The Kier molecular flexibility index (Phi) is 3.68. The first-order chi connectivity index (χ1) is 8.74. The van der Waals surface area contributed by atoms with Crippen molar-refractivity contribution in [2.75, 3.05) is 0 Å². The predicted molar refractivity (Wildman–Crippen MR) is 75.2 cm³/mol. The lowest BCUT2D eigenvalue weighted by Crippen LogP contribution is -2.39. The van der Waals surface area contributed by atoms with Crippen molar-refractivity contribution in [3.8, 4) is 0 Å². The van der Waals surface area contributed by atoms with Crippen molar-refractivity contribution in [2.24, 2.45) is 23.6 Å². The molecule has 2 saturated carbocycles. The van der Waals surface area contributed by atoms with Crippen LogP contribution in [0.1, 0.15) is 42.8 Å². The van der Waals surface area contributed by atoms with Crippen LogP contribution in [0.5, 0.6) is 0 Å². The van der Waals surface area contributed by atoms with Crippen LogP contribution in [0.15, 0.2) is 5.38 Å². The molecule has 0 amide bonds. The molecule has 4 heteroatoms. The Labute approximate surface area is 113 Å². The zero-order chi connectivity index (χ0) is 12.5. The molecule has 2 aliphatic carbocycles. The number of aryl methyl sites for hydroxylation is 1. The van der Waals surface area contributed by atoms with Gasteiger partial charge in [0.1, 0.15) is 0 Å². The number of thiazole rings is 1. The van der Waals surface area contributed by atoms with Crippen LogP contribution >= 0.6 is 11.3 Å². The van der Waals surface area contributed by atoms with Crippen molar-refractivity contribution in [1.29, 1.82) is 0 Å². The van der Waals surface area contributed by atoms with Crippen molar-refractivity contribution >= 4 is 11.3 Å². The van der Waals surface area contributed by atoms with Crippen molar-refractivity contribution in [2.45, 2.75) is 51.5 Å². The minimum absolute atomic E-state index is 0.403. The van der Waals surface area contributed by atoms with E-state index in [2.05, 4.69) is 22.7 Å². The van der Waals surface area contributed by atoms with E-state index in [0.29, 0.717) is 6.04 Å². The first-order valence-electron chi connectivity index (χ1n) is 7.11. The second-order valence-electron chi connectivity index (χ2n) is 6.12. The Morgan fingerprint density at radius 1 is 1.50 bits per heavy atom. The maximum atomic E-state index is 5.73. The summed E-state index contributed by atoms with van der Waals surface area (Å²) in [4.78, 5) is 4.54. The maximum Gasteiger partial charge on any atom is 0.0944 e. The van der Waals surface area contributed by atoms with E-state index in [1.54, 1.807) is 11.3 Å². The molecule has 4 atom stereocenters. The van der Waals surface area contributed by atoms with Crippen LogP contribution in [0.4, 0.5) is 0 Å². The molecule has 1 heterocycles. The lowest BCUT2D eigenvalue weighted by molar-refractivity contribution is 0.277. The summed E-state index contributed by atoms with van der Waals surface area (Å²) in [6.07, 6.45) is 8.09. The molecule has 1 aromatic heterocycles. The Bertz CT molecular complexity index is 403. The van der Waals surface area contributed by atoms with Gasteiger partial charge in [0.05, 0.1) is 5.01 Å². The van der Waals surface area contributed by atoms with Crippen LogP contribution in [-0.2, 0) is 6.42 Å². The standard InChI is InChI=1S/C14H23N3S/c1-9-8-18-14(16-9)7-13(17-15)6-12-5-10-2-3-11(12)4-10/h8,10-13,17H,2-7,15H2,1H3. The number of hydrogen-bond donors (Lipinski definition) is 2. The highest BCUT2D eigenvalue weighted by Crippen LogP contribution is 2.49.